The van der Waals surface area contributed by atoms with Crippen molar-refractivity contribution >= 4 is 28.0 Å². The lowest BCUT2D eigenvalue weighted by Crippen LogP contribution is -2.43. The summed E-state index contributed by atoms with van der Waals surface area (Å²) in [5, 5.41) is 26.0. The van der Waals surface area contributed by atoms with Gasteiger partial charge in [-0.15, -0.1) is 5.10 Å². The van der Waals surface area contributed by atoms with Crippen LogP contribution in [0.1, 0.15) is 11.1 Å². The minimum Gasteiger partial charge on any atom is -0.494 e. The summed E-state index contributed by atoms with van der Waals surface area (Å²) in [4.78, 5) is 6.99. The van der Waals surface area contributed by atoms with Gasteiger partial charge in [0.2, 0.25) is 11.8 Å². The Balaban J connectivity index is 1.53. The SMILES string of the molecule is COc1cc(N2CCNCC2)ccc1Nc1nc(Oc2cccc(C)c2C)cc2cnnc(O)c12. The molecule has 0 aliphatic carbocycles. The number of anilines is 3. The van der Waals surface area contributed by atoms with Crippen molar-refractivity contribution in [3.63, 3.8) is 0 Å². The van der Waals surface area contributed by atoms with E-state index in [-0.39, 0.29) is 5.88 Å². The van der Waals surface area contributed by atoms with Crippen LogP contribution in [0.25, 0.3) is 10.8 Å². The molecule has 1 fully saturated rings. The zero-order valence-corrected chi connectivity index (χ0v) is 20.0. The van der Waals surface area contributed by atoms with Crippen LogP contribution in [-0.2, 0) is 0 Å². The molecule has 3 N–H and O–H groups in total. The van der Waals surface area contributed by atoms with E-state index in [2.05, 4.69) is 36.8 Å². The van der Waals surface area contributed by atoms with Gasteiger partial charge in [-0.2, -0.15) is 10.1 Å². The van der Waals surface area contributed by atoms with Gasteiger partial charge in [-0.25, -0.2) is 0 Å². The molecule has 0 spiro atoms. The van der Waals surface area contributed by atoms with Crippen molar-refractivity contribution in [3.8, 4) is 23.3 Å². The second-order valence-electron chi connectivity index (χ2n) is 8.49. The number of pyridine rings is 1. The number of aryl methyl sites for hydroxylation is 1. The number of hydrogen-bond acceptors (Lipinski definition) is 9. The number of piperazine rings is 1. The number of benzene rings is 2. The average Bonchev–Trinajstić information content (AvgIpc) is 2.87. The van der Waals surface area contributed by atoms with E-state index < -0.39 is 0 Å². The molecule has 1 saturated heterocycles. The fourth-order valence-corrected chi connectivity index (χ4v) is 4.19. The first-order chi connectivity index (χ1) is 17.0. The van der Waals surface area contributed by atoms with E-state index >= 15 is 0 Å². The van der Waals surface area contributed by atoms with Crippen LogP contribution in [0.4, 0.5) is 17.2 Å². The van der Waals surface area contributed by atoms with E-state index in [0.29, 0.717) is 39.7 Å². The van der Waals surface area contributed by atoms with Crippen molar-refractivity contribution in [2.45, 2.75) is 13.8 Å². The molecule has 1 aliphatic heterocycles. The van der Waals surface area contributed by atoms with Crippen molar-refractivity contribution in [1.29, 1.82) is 0 Å². The molecule has 0 atom stereocenters. The van der Waals surface area contributed by atoms with Crippen molar-refractivity contribution in [3.05, 3.63) is 59.8 Å². The van der Waals surface area contributed by atoms with Crippen LogP contribution in [0.5, 0.6) is 23.3 Å². The molecule has 1 aliphatic rings. The number of fused-ring (bicyclic) bond motifs is 1. The lowest BCUT2D eigenvalue weighted by Gasteiger charge is -2.30. The highest BCUT2D eigenvalue weighted by molar-refractivity contribution is 5.97. The van der Waals surface area contributed by atoms with Crippen LogP contribution >= 0.6 is 0 Å². The Morgan fingerprint density at radius 3 is 2.69 bits per heavy atom. The molecule has 4 aromatic rings. The van der Waals surface area contributed by atoms with Crippen molar-refractivity contribution in [2.24, 2.45) is 0 Å². The predicted octanol–water partition coefficient (Wildman–Crippen LogP) is 4.30. The van der Waals surface area contributed by atoms with Crippen LogP contribution in [0.2, 0.25) is 0 Å². The fourth-order valence-electron chi connectivity index (χ4n) is 4.19. The van der Waals surface area contributed by atoms with Crippen LogP contribution in [0.3, 0.4) is 0 Å². The maximum absolute atomic E-state index is 10.5. The van der Waals surface area contributed by atoms with E-state index in [9.17, 15) is 5.11 Å². The van der Waals surface area contributed by atoms with Crippen molar-refractivity contribution in [1.82, 2.24) is 20.5 Å². The van der Waals surface area contributed by atoms with Gasteiger partial charge in [-0.05, 0) is 43.2 Å². The Labute approximate surface area is 203 Å². The Morgan fingerprint density at radius 2 is 1.89 bits per heavy atom. The first kappa shape index (κ1) is 22.7. The number of aromatic hydroxyl groups is 1. The Kier molecular flexibility index (Phi) is 6.24. The highest BCUT2D eigenvalue weighted by atomic mass is 16.5. The highest BCUT2D eigenvalue weighted by Gasteiger charge is 2.17. The van der Waals surface area contributed by atoms with Gasteiger partial charge in [0.15, 0.2) is 0 Å². The van der Waals surface area contributed by atoms with Gasteiger partial charge in [-0.3, -0.25) is 0 Å². The largest absolute Gasteiger partial charge is 0.494 e. The maximum Gasteiger partial charge on any atom is 0.242 e. The molecule has 2 aromatic carbocycles. The third kappa shape index (κ3) is 4.63. The normalized spacial score (nSPS) is 13.6. The van der Waals surface area contributed by atoms with Crippen LogP contribution < -0.4 is 25.0 Å². The third-order valence-corrected chi connectivity index (χ3v) is 6.29. The molecule has 180 valence electrons. The topological polar surface area (TPSA) is 105 Å². The minimum absolute atomic E-state index is 0.216. The van der Waals surface area contributed by atoms with Gasteiger partial charge in [0.1, 0.15) is 17.3 Å². The summed E-state index contributed by atoms with van der Waals surface area (Å²) < 4.78 is 11.8. The number of nitrogens with zero attached hydrogens (tertiary/aromatic N) is 4. The first-order valence-electron chi connectivity index (χ1n) is 11.5. The van der Waals surface area contributed by atoms with Crippen LogP contribution in [0, 0.1) is 13.8 Å². The second kappa shape index (κ2) is 9.63. The van der Waals surface area contributed by atoms with E-state index in [4.69, 9.17) is 9.47 Å². The molecule has 0 bridgehead atoms. The van der Waals surface area contributed by atoms with Crippen molar-refractivity contribution < 1.29 is 14.6 Å². The van der Waals surface area contributed by atoms with Gasteiger partial charge < -0.3 is 30.1 Å². The van der Waals surface area contributed by atoms with E-state index in [1.165, 1.54) is 0 Å². The van der Waals surface area contributed by atoms with Gasteiger partial charge in [0, 0.05) is 49.4 Å². The van der Waals surface area contributed by atoms with Crippen molar-refractivity contribution in [2.75, 3.05) is 43.5 Å². The Hall–Kier alpha value is -4.11. The second-order valence-corrected chi connectivity index (χ2v) is 8.49. The number of nitrogens with one attached hydrogen (secondary N) is 2. The minimum atomic E-state index is -0.216. The molecular weight excluding hydrogens is 444 g/mol. The van der Waals surface area contributed by atoms with Gasteiger partial charge in [0.25, 0.3) is 0 Å². The summed E-state index contributed by atoms with van der Waals surface area (Å²) in [6.07, 6.45) is 1.57. The third-order valence-electron chi connectivity index (χ3n) is 6.29. The maximum atomic E-state index is 10.5. The predicted molar refractivity (Wildman–Crippen MR) is 136 cm³/mol. The zero-order valence-electron chi connectivity index (χ0n) is 20.0. The summed E-state index contributed by atoms with van der Waals surface area (Å²) in [6, 6.07) is 13.6. The molecule has 5 rings (SSSR count). The Morgan fingerprint density at radius 1 is 1.06 bits per heavy atom. The van der Waals surface area contributed by atoms with Crippen LogP contribution in [-0.4, -0.2) is 53.6 Å². The van der Waals surface area contributed by atoms with Gasteiger partial charge in [0.05, 0.1) is 24.4 Å². The lowest BCUT2D eigenvalue weighted by atomic mass is 10.1. The molecule has 0 saturated carbocycles. The molecule has 3 heterocycles. The summed E-state index contributed by atoms with van der Waals surface area (Å²) >= 11 is 0. The Bertz CT molecular complexity index is 1370. The van der Waals surface area contributed by atoms with E-state index in [0.717, 1.165) is 43.0 Å². The number of aromatic nitrogens is 3. The smallest absolute Gasteiger partial charge is 0.242 e. The summed E-state index contributed by atoms with van der Waals surface area (Å²) in [5.74, 6) is 1.93. The van der Waals surface area contributed by atoms with Crippen LogP contribution in [0.15, 0.2) is 48.7 Å². The molecule has 0 unspecified atom stereocenters. The molecular formula is C26H28N6O3. The summed E-state index contributed by atoms with van der Waals surface area (Å²) in [6.45, 7) is 7.82. The molecule has 9 heteroatoms. The number of methoxy groups -OCH3 is 1. The van der Waals surface area contributed by atoms with Gasteiger partial charge >= 0.3 is 0 Å². The van der Waals surface area contributed by atoms with Gasteiger partial charge in [-0.1, -0.05) is 12.1 Å². The quantitative estimate of drug-likeness (QED) is 0.379. The summed E-state index contributed by atoms with van der Waals surface area (Å²) in [7, 11) is 1.64. The fraction of sp³-hybridized carbons (Fsp3) is 0.269. The molecule has 2 aromatic heterocycles. The monoisotopic (exact) mass is 472 g/mol. The molecule has 9 nitrogen and oxygen atoms in total. The highest BCUT2D eigenvalue weighted by Crippen LogP contribution is 2.38. The average molecular weight is 473 g/mol. The first-order valence-corrected chi connectivity index (χ1v) is 11.5. The number of ether oxygens (including phenoxy) is 2. The number of rotatable bonds is 6. The zero-order chi connectivity index (χ0) is 24.4. The molecule has 35 heavy (non-hydrogen) atoms. The molecule has 0 amide bonds. The van der Waals surface area contributed by atoms with E-state index in [1.54, 1.807) is 19.4 Å². The lowest BCUT2D eigenvalue weighted by molar-refractivity contribution is 0.416. The molecule has 0 radical (unpaired) electrons. The standard InChI is InChI=1S/C26H28N6O3/c1-16-5-4-6-21(17(16)2)35-23-13-18-15-28-31-26(33)24(18)25(30-23)29-20-8-7-19(14-22(20)34-3)32-11-9-27-10-12-32/h4-8,13-15,27H,9-12H2,1-3H3,(H,29,30)(H,31,33). The number of hydrogen-bond donors (Lipinski definition) is 3. The summed E-state index contributed by atoms with van der Waals surface area (Å²) in [5.41, 5.74) is 3.96. The van der Waals surface area contributed by atoms with E-state index in [1.807, 2.05) is 44.2 Å².